The summed E-state index contributed by atoms with van der Waals surface area (Å²) >= 11 is 0. The Bertz CT molecular complexity index is 1770. The molecule has 1 atom stereocenters. The molecule has 0 aliphatic rings. The number of likely N-dealkylation sites (N-methyl/N-ethyl adjacent to an activating group) is 1. The predicted octanol–water partition coefficient (Wildman–Crippen LogP) is 6.95. The lowest BCUT2D eigenvalue weighted by molar-refractivity contribution is -0.120. The molecule has 0 radical (unpaired) electrons. The van der Waals surface area contributed by atoms with Gasteiger partial charge in [-0.05, 0) is 60.0 Å². The molecular weight excluding hydrogens is 554 g/mol. The zero-order valence-corrected chi connectivity index (χ0v) is 24.6. The van der Waals surface area contributed by atoms with Gasteiger partial charge in [0.2, 0.25) is 5.91 Å². The monoisotopic (exact) mass is 587 g/mol. The molecule has 0 bridgehead atoms. The number of nitrogens with zero attached hydrogens (tertiary/aromatic N) is 2. The number of aromatic nitrogens is 1. The number of anilines is 1. The van der Waals surface area contributed by atoms with Crippen LogP contribution in [0.4, 0.5) is 10.5 Å². The lowest BCUT2D eigenvalue weighted by Gasteiger charge is -2.24. The summed E-state index contributed by atoms with van der Waals surface area (Å²) in [5.41, 5.74) is 2.95. The Hall–Kier alpha value is -5.63. The van der Waals surface area contributed by atoms with Crippen molar-refractivity contribution in [3.8, 4) is 22.8 Å². The van der Waals surface area contributed by atoms with Gasteiger partial charge in [0.25, 0.3) is 5.56 Å². The molecule has 44 heavy (non-hydrogen) atoms. The predicted molar refractivity (Wildman–Crippen MR) is 171 cm³/mol. The smallest absolute Gasteiger partial charge is 0.410 e. The molecule has 0 aliphatic heterocycles. The van der Waals surface area contributed by atoms with E-state index in [1.807, 2.05) is 115 Å². The minimum Gasteiger partial charge on any atom is -0.457 e. The van der Waals surface area contributed by atoms with Crippen molar-refractivity contribution in [1.29, 1.82) is 0 Å². The summed E-state index contributed by atoms with van der Waals surface area (Å²) in [7, 11) is 1.48. The molecule has 0 fully saturated rings. The van der Waals surface area contributed by atoms with Crippen LogP contribution in [0.1, 0.15) is 18.1 Å². The van der Waals surface area contributed by atoms with Crippen LogP contribution in [0, 0.1) is 0 Å². The molecule has 4 aromatic carbocycles. The van der Waals surface area contributed by atoms with Gasteiger partial charge < -0.3 is 19.4 Å². The van der Waals surface area contributed by atoms with E-state index in [2.05, 4.69) is 5.32 Å². The summed E-state index contributed by atoms with van der Waals surface area (Å²) in [6, 6.07) is 38.4. The largest absolute Gasteiger partial charge is 0.457 e. The highest BCUT2D eigenvalue weighted by Gasteiger charge is 2.25. The zero-order chi connectivity index (χ0) is 30.9. The van der Waals surface area contributed by atoms with Gasteiger partial charge in [-0.1, -0.05) is 91.0 Å². The van der Waals surface area contributed by atoms with Gasteiger partial charge in [-0.25, -0.2) is 4.79 Å². The number of hydrogen-bond acceptors (Lipinski definition) is 5. The molecule has 5 aromatic rings. The van der Waals surface area contributed by atoms with E-state index in [1.54, 1.807) is 23.6 Å². The van der Waals surface area contributed by atoms with Crippen LogP contribution in [-0.2, 0) is 22.7 Å². The molecule has 0 spiro atoms. The lowest BCUT2D eigenvalue weighted by atomic mass is 10.1. The van der Waals surface area contributed by atoms with Crippen LogP contribution < -0.4 is 15.6 Å². The minimum atomic E-state index is -0.897. The van der Waals surface area contributed by atoms with Gasteiger partial charge in [-0.15, -0.1) is 0 Å². The van der Waals surface area contributed by atoms with Crippen LogP contribution in [0.15, 0.2) is 132 Å². The second-order valence-corrected chi connectivity index (χ2v) is 10.3. The Morgan fingerprint density at radius 3 is 2.09 bits per heavy atom. The highest BCUT2D eigenvalue weighted by Crippen LogP contribution is 2.24. The first-order chi connectivity index (χ1) is 21.4. The third kappa shape index (κ3) is 7.41. The summed E-state index contributed by atoms with van der Waals surface area (Å²) < 4.78 is 13.0. The first-order valence-electron chi connectivity index (χ1n) is 14.2. The highest BCUT2D eigenvalue weighted by atomic mass is 16.6. The zero-order valence-electron chi connectivity index (χ0n) is 24.6. The van der Waals surface area contributed by atoms with E-state index in [9.17, 15) is 14.4 Å². The second kappa shape index (κ2) is 14.0. The summed E-state index contributed by atoms with van der Waals surface area (Å²) in [6.45, 7) is 1.90. The van der Waals surface area contributed by atoms with Crippen molar-refractivity contribution >= 4 is 17.7 Å². The quantitative estimate of drug-likeness (QED) is 0.191. The van der Waals surface area contributed by atoms with Gasteiger partial charge in [0.05, 0.1) is 12.2 Å². The third-order valence-electron chi connectivity index (χ3n) is 7.17. The Labute approximate surface area is 256 Å². The Morgan fingerprint density at radius 1 is 0.773 bits per heavy atom. The van der Waals surface area contributed by atoms with Crippen LogP contribution in [0.2, 0.25) is 0 Å². The van der Waals surface area contributed by atoms with E-state index in [4.69, 9.17) is 9.47 Å². The molecule has 1 aromatic heterocycles. The standard InChI is InChI=1S/C36H33N3O5/c1-26(38(2)36(42)43-25-27-13-6-3-7-14-27)34(40)37-32-21-22-33(29-16-8-4-9-17-29)39(35(32)41)24-28-15-12-20-31(23-28)44-30-18-10-5-11-19-30/h3-23,26H,24-25H2,1-2H3,(H,37,40)/t26-/m0/s1. The first-order valence-corrected chi connectivity index (χ1v) is 14.2. The molecule has 2 amide bonds. The van der Waals surface area contributed by atoms with Gasteiger partial charge in [0.1, 0.15) is 29.8 Å². The maximum atomic E-state index is 13.9. The van der Waals surface area contributed by atoms with Gasteiger partial charge in [0, 0.05) is 7.05 Å². The van der Waals surface area contributed by atoms with E-state index in [1.165, 1.54) is 11.9 Å². The number of carbonyl (C=O) groups is 2. The Kier molecular flexibility index (Phi) is 9.51. The number of ether oxygens (including phenoxy) is 2. The topological polar surface area (TPSA) is 89.9 Å². The Balaban J connectivity index is 1.36. The molecule has 8 nitrogen and oxygen atoms in total. The van der Waals surface area contributed by atoms with Crippen LogP contribution in [0.3, 0.4) is 0 Å². The summed E-state index contributed by atoms with van der Waals surface area (Å²) in [5, 5.41) is 2.72. The van der Waals surface area contributed by atoms with Gasteiger partial charge in [0.15, 0.2) is 0 Å². The average Bonchev–Trinajstić information content (AvgIpc) is 3.06. The normalized spacial score (nSPS) is 11.3. The minimum absolute atomic E-state index is 0.0849. The fraction of sp³-hybridized carbons (Fsp3) is 0.139. The van der Waals surface area contributed by atoms with Gasteiger partial charge in [-0.2, -0.15) is 0 Å². The number of amides is 2. The number of carbonyl (C=O) groups excluding carboxylic acids is 2. The van der Waals surface area contributed by atoms with Crippen molar-refractivity contribution in [2.24, 2.45) is 0 Å². The lowest BCUT2D eigenvalue weighted by Crippen LogP contribution is -2.44. The van der Waals surface area contributed by atoms with E-state index < -0.39 is 18.0 Å². The van der Waals surface area contributed by atoms with E-state index in [0.29, 0.717) is 17.2 Å². The second-order valence-electron chi connectivity index (χ2n) is 10.3. The van der Waals surface area contributed by atoms with E-state index >= 15 is 0 Å². The van der Waals surface area contributed by atoms with Gasteiger partial charge in [-0.3, -0.25) is 14.5 Å². The number of hydrogen-bond donors (Lipinski definition) is 1. The van der Waals surface area contributed by atoms with Crippen molar-refractivity contribution in [3.63, 3.8) is 0 Å². The maximum absolute atomic E-state index is 13.9. The van der Waals surface area contributed by atoms with Gasteiger partial charge >= 0.3 is 6.09 Å². The molecule has 5 rings (SSSR count). The van der Waals surface area contributed by atoms with Crippen LogP contribution >= 0.6 is 0 Å². The molecule has 0 saturated carbocycles. The summed E-state index contributed by atoms with van der Waals surface area (Å²) in [5.74, 6) is 0.835. The van der Waals surface area contributed by atoms with Crippen molar-refractivity contribution in [2.45, 2.75) is 26.1 Å². The molecule has 222 valence electrons. The SMILES string of the molecule is C[C@@H](C(=O)Nc1ccc(-c2ccccc2)n(Cc2cccc(Oc3ccccc3)c2)c1=O)N(C)C(=O)OCc1ccccc1. The number of benzene rings is 4. The van der Waals surface area contributed by atoms with Crippen LogP contribution in [-0.4, -0.2) is 34.6 Å². The van der Waals surface area contributed by atoms with Crippen molar-refractivity contribution in [3.05, 3.63) is 149 Å². The fourth-order valence-electron chi connectivity index (χ4n) is 4.60. The number of rotatable bonds is 10. The molecular formula is C36H33N3O5. The molecule has 8 heteroatoms. The summed E-state index contributed by atoms with van der Waals surface area (Å²) in [4.78, 5) is 40.9. The van der Waals surface area contributed by atoms with Crippen LogP contribution in [0.25, 0.3) is 11.3 Å². The first kappa shape index (κ1) is 29.8. The molecule has 1 N–H and O–H groups in total. The van der Waals surface area contributed by atoms with Crippen molar-refractivity contribution < 1.29 is 19.1 Å². The maximum Gasteiger partial charge on any atom is 0.410 e. The summed E-state index contributed by atoms with van der Waals surface area (Å²) in [6.07, 6.45) is -0.647. The fourth-order valence-corrected chi connectivity index (χ4v) is 4.60. The third-order valence-corrected chi connectivity index (χ3v) is 7.17. The number of para-hydroxylation sites is 1. The van der Waals surface area contributed by atoms with E-state index in [-0.39, 0.29) is 24.4 Å². The van der Waals surface area contributed by atoms with Crippen LogP contribution in [0.5, 0.6) is 11.5 Å². The van der Waals surface area contributed by atoms with Crippen molar-refractivity contribution in [1.82, 2.24) is 9.47 Å². The molecule has 1 heterocycles. The molecule has 0 aliphatic carbocycles. The molecule has 0 unspecified atom stereocenters. The molecule has 0 saturated heterocycles. The number of pyridine rings is 1. The Morgan fingerprint density at radius 2 is 1.39 bits per heavy atom. The van der Waals surface area contributed by atoms with E-state index in [0.717, 1.165) is 16.7 Å². The number of nitrogens with one attached hydrogen (secondary N) is 1. The highest BCUT2D eigenvalue weighted by molar-refractivity contribution is 5.96. The average molecular weight is 588 g/mol. The van der Waals surface area contributed by atoms with Crippen molar-refractivity contribution in [2.75, 3.05) is 12.4 Å².